The summed E-state index contributed by atoms with van der Waals surface area (Å²) in [6.07, 6.45) is 1.66. The van der Waals surface area contributed by atoms with Gasteiger partial charge in [-0.3, -0.25) is 4.79 Å². The van der Waals surface area contributed by atoms with Crippen LogP contribution in [0.15, 0.2) is 28.7 Å². The number of ketones is 1. The van der Waals surface area contributed by atoms with E-state index in [0.29, 0.717) is 11.1 Å². The second-order valence-electron chi connectivity index (χ2n) is 3.89. The fourth-order valence-corrected chi connectivity index (χ4v) is 1.95. The van der Waals surface area contributed by atoms with Crippen molar-refractivity contribution in [1.82, 2.24) is 0 Å². The van der Waals surface area contributed by atoms with Crippen LogP contribution in [0, 0.1) is 5.82 Å². The van der Waals surface area contributed by atoms with Crippen LogP contribution in [0.5, 0.6) is 0 Å². The molecule has 1 heterocycles. The van der Waals surface area contributed by atoms with Crippen LogP contribution in [-0.4, -0.2) is 18.0 Å². The Hall–Kier alpha value is -1.00. The van der Waals surface area contributed by atoms with Gasteiger partial charge in [0.25, 0.3) is 0 Å². The maximum Gasteiger partial charge on any atom is 0.203 e. The van der Waals surface area contributed by atoms with Gasteiger partial charge in [-0.1, -0.05) is 12.1 Å². The summed E-state index contributed by atoms with van der Waals surface area (Å²) in [6, 6.07) is 5.93. The van der Waals surface area contributed by atoms with Crippen LogP contribution in [0.4, 0.5) is 4.39 Å². The molecular weight excluding hydrogens is 275 g/mol. The molecule has 1 aliphatic rings. The molecule has 1 fully saturated rings. The zero-order valence-electron chi connectivity index (χ0n) is 8.67. The van der Waals surface area contributed by atoms with E-state index in [2.05, 4.69) is 15.9 Å². The first-order valence-corrected chi connectivity index (χ1v) is 5.62. The second-order valence-corrected chi connectivity index (χ2v) is 4.75. The van der Waals surface area contributed by atoms with Crippen molar-refractivity contribution >= 4 is 27.8 Å². The molecule has 2 nitrogen and oxygen atoms in total. The molecule has 0 aliphatic carbocycles. The van der Waals surface area contributed by atoms with Gasteiger partial charge in [-0.25, -0.2) is 4.39 Å². The molecule has 0 saturated carbocycles. The van der Waals surface area contributed by atoms with Crippen LogP contribution in [-0.2, 0) is 9.53 Å². The number of ether oxygens (including phenoxy) is 1. The number of benzene rings is 1. The van der Waals surface area contributed by atoms with Gasteiger partial charge in [-0.05, 0) is 46.6 Å². The number of Topliss-reactive ketones (excluding diaryl/α,β-unsaturated/α-hetero) is 1. The predicted molar refractivity (Wildman–Crippen MR) is 62.7 cm³/mol. The van der Waals surface area contributed by atoms with Gasteiger partial charge in [0.05, 0.1) is 11.1 Å². The number of hydrogen-bond donors (Lipinski definition) is 0. The molecule has 1 saturated heterocycles. The van der Waals surface area contributed by atoms with Crippen LogP contribution >= 0.6 is 15.9 Å². The Morgan fingerprint density at radius 3 is 2.56 bits per heavy atom. The summed E-state index contributed by atoms with van der Waals surface area (Å²) in [4.78, 5) is 11.8. The molecule has 84 valence electrons. The van der Waals surface area contributed by atoms with E-state index < -0.39 is 5.60 Å². The highest BCUT2D eigenvalue weighted by atomic mass is 79.9. The summed E-state index contributed by atoms with van der Waals surface area (Å²) in [7, 11) is 0. The molecule has 16 heavy (non-hydrogen) atoms. The van der Waals surface area contributed by atoms with Gasteiger partial charge >= 0.3 is 0 Å². The van der Waals surface area contributed by atoms with Crippen molar-refractivity contribution in [3.63, 3.8) is 0 Å². The molecule has 0 spiro atoms. The Morgan fingerprint density at radius 2 is 2.06 bits per heavy atom. The van der Waals surface area contributed by atoms with Gasteiger partial charge in [0.15, 0.2) is 5.60 Å². The van der Waals surface area contributed by atoms with E-state index in [9.17, 15) is 9.18 Å². The average Bonchev–Trinajstić information content (AvgIpc) is 3.00. The van der Waals surface area contributed by atoms with E-state index in [1.807, 2.05) is 0 Å². The lowest BCUT2D eigenvalue weighted by Gasteiger charge is -2.02. The molecule has 1 aromatic carbocycles. The summed E-state index contributed by atoms with van der Waals surface area (Å²) < 4.78 is 18.2. The molecule has 0 bridgehead atoms. The van der Waals surface area contributed by atoms with Gasteiger partial charge < -0.3 is 4.74 Å². The van der Waals surface area contributed by atoms with Gasteiger partial charge in [-0.2, -0.15) is 0 Å². The molecule has 0 amide bonds. The van der Waals surface area contributed by atoms with E-state index >= 15 is 0 Å². The summed E-state index contributed by atoms with van der Waals surface area (Å²) in [5.74, 6) is -0.381. The Morgan fingerprint density at radius 1 is 1.50 bits per heavy atom. The normalized spacial score (nSPS) is 24.3. The van der Waals surface area contributed by atoms with E-state index in [1.54, 1.807) is 25.1 Å². The van der Waals surface area contributed by atoms with Crippen molar-refractivity contribution in [1.29, 1.82) is 0 Å². The van der Waals surface area contributed by atoms with Gasteiger partial charge in [0.1, 0.15) is 5.82 Å². The third-order valence-corrected chi connectivity index (χ3v) is 3.03. The minimum Gasteiger partial charge on any atom is -0.361 e. The maximum absolute atomic E-state index is 12.7. The maximum atomic E-state index is 12.7. The molecule has 1 aromatic rings. The Kier molecular flexibility index (Phi) is 2.95. The van der Waals surface area contributed by atoms with E-state index in [4.69, 9.17) is 4.74 Å². The average molecular weight is 285 g/mol. The van der Waals surface area contributed by atoms with Crippen LogP contribution in [0.25, 0.3) is 6.08 Å². The molecule has 2 rings (SSSR count). The minimum absolute atomic E-state index is 0.0863. The highest BCUT2D eigenvalue weighted by Gasteiger charge is 2.47. The van der Waals surface area contributed by atoms with E-state index in [-0.39, 0.29) is 11.6 Å². The first-order chi connectivity index (χ1) is 7.51. The fourth-order valence-electron chi connectivity index (χ4n) is 1.26. The highest BCUT2D eigenvalue weighted by Crippen LogP contribution is 2.32. The van der Waals surface area contributed by atoms with Crippen LogP contribution < -0.4 is 0 Å². The van der Waals surface area contributed by atoms with Crippen LogP contribution in [0.1, 0.15) is 12.5 Å². The lowest BCUT2D eigenvalue weighted by atomic mass is 10.1. The zero-order valence-corrected chi connectivity index (χ0v) is 10.3. The number of carbonyl (C=O) groups is 1. The molecule has 1 aliphatic heterocycles. The van der Waals surface area contributed by atoms with E-state index in [1.165, 1.54) is 12.1 Å². The monoisotopic (exact) mass is 284 g/mol. The standard InChI is InChI=1S/C12H10BrFO2/c1-12(7-16-12)11(15)10(13)6-8-2-4-9(14)5-3-8/h2-6H,7H2,1H3/b10-6-/t12-/m1/s1. The van der Waals surface area contributed by atoms with Crippen LogP contribution in [0.2, 0.25) is 0 Å². The van der Waals surface area contributed by atoms with Crippen molar-refractivity contribution in [2.24, 2.45) is 0 Å². The fraction of sp³-hybridized carbons (Fsp3) is 0.250. The number of halogens is 2. The summed E-state index contributed by atoms with van der Waals surface area (Å²) in [5.41, 5.74) is 0.0981. The number of rotatable bonds is 3. The third-order valence-electron chi connectivity index (χ3n) is 2.44. The molecule has 0 unspecified atom stereocenters. The number of carbonyl (C=O) groups excluding carboxylic acids is 1. The molecule has 4 heteroatoms. The van der Waals surface area contributed by atoms with Crippen molar-refractivity contribution in [3.8, 4) is 0 Å². The molecular formula is C12H10BrFO2. The Bertz CT molecular complexity index is 447. The SMILES string of the molecule is C[C@]1(C(=O)/C(Br)=C/c2ccc(F)cc2)CO1. The summed E-state index contributed by atoms with van der Waals surface area (Å²) in [6.45, 7) is 2.20. The van der Waals surface area contributed by atoms with Crippen molar-refractivity contribution in [3.05, 3.63) is 40.1 Å². The Balaban J connectivity index is 2.17. The van der Waals surface area contributed by atoms with Crippen molar-refractivity contribution in [2.45, 2.75) is 12.5 Å². The lowest BCUT2D eigenvalue weighted by molar-refractivity contribution is -0.119. The molecule has 0 radical (unpaired) electrons. The van der Waals surface area contributed by atoms with Gasteiger partial charge in [-0.15, -0.1) is 0 Å². The van der Waals surface area contributed by atoms with Crippen LogP contribution in [0.3, 0.4) is 0 Å². The largest absolute Gasteiger partial charge is 0.361 e. The smallest absolute Gasteiger partial charge is 0.203 e. The lowest BCUT2D eigenvalue weighted by Crippen LogP contribution is -2.19. The quantitative estimate of drug-likeness (QED) is 0.631. The van der Waals surface area contributed by atoms with E-state index in [0.717, 1.165) is 5.56 Å². The number of hydrogen-bond acceptors (Lipinski definition) is 2. The predicted octanol–water partition coefficient (Wildman–Crippen LogP) is 2.92. The minimum atomic E-state index is -0.671. The van der Waals surface area contributed by atoms with Crippen molar-refractivity contribution in [2.75, 3.05) is 6.61 Å². The third kappa shape index (κ3) is 2.39. The second kappa shape index (κ2) is 4.11. The van der Waals surface area contributed by atoms with Crippen molar-refractivity contribution < 1.29 is 13.9 Å². The molecule has 1 atom stereocenters. The molecule has 0 aromatic heterocycles. The van der Waals surface area contributed by atoms with Gasteiger partial charge in [0.2, 0.25) is 5.78 Å². The first kappa shape index (κ1) is 11.5. The topological polar surface area (TPSA) is 29.6 Å². The first-order valence-electron chi connectivity index (χ1n) is 4.83. The van der Waals surface area contributed by atoms with Gasteiger partial charge in [0, 0.05) is 0 Å². The summed E-state index contributed by atoms with van der Waals surface area (Å²) in [5, 5.41) is 0. The summed E-state index contributed by atoms with van der Waals surface area (Å²) >= 11 is 3.21. The highest BCUT2D eigenvalue weighted by molar-refractivity contribution is 9.12. The zero-order chi connectivity index (χ0) is 11.8. The Labute approximate surface area is 101 Å². The molecule has 0 N–H and O–H groups in total. The number of epoxide rings is 1.